The Balaban J connectivity index is 1.62. The zero-order valence-corrected chi connectivity index (χ0v) is 18.2. The molecule has 0 aliphatic heterocycles. The van der Waals surface area contributed by atoms with Crippen LogP contribution in [0.15, 0.2) is 63.3 Å². The molecule has 0 spiro atoms. The molecule has 3 aromatic heterocycles. The SMILES string of the molecule is Cc1ccc(-n2c(SCc3cc(=O)n4[nH]c(N)nc4n3)nc3ccccc3c2=O)cc1C. The summed E-state index contributed by atoms with van der Waals surface area (Å²) in [6.07, 6.45) is 0. The molecule has 32 heavy (non-hydrogen) atoms. The van der Waals surface area contributed by atoms with Crippen LogP contribution in [0.5, 0.6) is 0 Å². The maximum absolute atomic E-state index is 13.4. The minimum Gasteiger partial charge on any atom is -0.368 e. The van der Waals surface area contributed by atoms with Gasteiger partial charge in [0.15, 0.2) is 5.16 Å². The Labute approximate surface area is 186 Å². The highest BCUT2D eigenvalue weighted by molar-refractivity contribution is 7.98. The van der Waals surface area contributed by atoms with Crippen LogP contribution in [0.2, 0.25) is 0 Å². The Morgan fingerprint density at radius 2 is 1.81 bits per heavy atom. The Hall–Kier alpha value is -3.92. The van der Waals surface area contributed by atoms with Gasteiger partial charge in [-0.1, -0.05) is 30.0 Å². The number of rotatable bonds is 4. The Bertz CT molecular complexity index is 1620. The molecule has 10 heteroatoms. The number of hydrogen-bond donors (Lipinski definition) is 2. The number of fused-ring (bicyclic) bond motifs is 2. The van der Waals surface area contributed by atoms with Gasteiger partial charge in [-0.05, 0) is 49.2 Å². The molecule has 5 aromatic rings. The fourth-order valence-electron chi connectivity index (χ4n) is 3.46. The first kappa shape index (κ1) is 20.0. The molecule has 0 atom stereocenters. The molecule has 0 unspecified atom stereocenters. The predicted molar refractivity (Wildman–Crippen MR) is 124 cm³/mol. The lowest BCUT2D eigenvalue weighted by Gasteiger charge is -2.14. The van der Waals surface area contributed by atoms with E-state index >= 15 is 0 Å². The normalized spacial score (nSPS) is 11.4. The second kappa shape index (κ2) is 7.65. The number of nitrogens with zero attached hydrogens (tertiary/aromatic N) is 5. The highest BCUT2D eigenvalue weighted by Gasteiger charge is 2.15. The summed E-state index contributed by atoms with van der Waals surface area (Å²) in [5.74, 6) is 0.636. The van der Waals surface area contributed by atoms with Crippen molar-refractivity contribution in [3.63, 3.8) is 0 Å². The summed E-state index contributed by atoms with van der Waals surface area (Å²) in [5, 5.41) is 3.70. The van der Waals surface area contributed by atoms with E-state index in [9.17, 15) is 9.59 Å². The predicted octanol–water partition coefficient (Wildman–Crippen LogP) is 2.61. The minimum atomic E-state index is -0.312. The molecule has 0 saturated heterocycles. The lowest BCUT2D eigenvalue weighted by Crippen LogP contribution is -2.22. The largest absolute Gasteiger partial charge is 0.368 e. The molecule has 0 fully saturated rings. The van der Waals surface area contributed by atoms with Crippen molar-refractivity contribution in [3.8, 4) is 5.69 Å². The Kier molecular flexibility index (Phi) is 4.78. The van der Waals surface area contributed by atoms with Crippen LogP contribution in [-0.2, 0) is 5.75 Å². The van der Waals surface area contributed by atoms with Crippen molar-refractivity contribution >= 4 is 34.4 Å². The third kappa shape index (κ3) is 3.44. The smallest absolute Gasteiger partial charge is 0.274 e. The standard InChI is InChI=1S/C22H19N7O2S/c1-12-7-8-15(9-13(12)2)28-19(31)16-5-3-4-6-17(16)25-22(28)32-11-14-10-18(30)29-21(24-14)26-20(23)27-29/h3-10H,11H2,1-2H3,(H3,23,24,26,27). The number of nitrogens with one attached hydrogen (secondary N) is 1. The minimum absolute atomic E-state index is 0.110. The maximum atomic E-state index is 13.4. The van der Waals surface area contributed by atoms with Crippen LogP contribution in [0, 0.1) is 13.8 Å². The highest BCUT2D eigenvalue weighted by atomic mass is 32.2. The van der Waals surface area contributed by atoms with Crippen LogP contribution in [0.4, 0.5) is 5.95 Å². The molecule has 160 valence electrons. The fourth-order valence-corrected chi connectivity index (χ4v) is 4.36. The molecule has 0 aliphatic rings. The van der Waals surface area contributed by atoms with Crippen molar-refractivity contribution in [1.29, 1.82) is 0 Å². The van der Waals surface area contributed by atoms with Gasteiger partial charge < -0.3 is 5.73 Å². The fraction of sp³-hybridized carbons (Fsp3) is 0.136. The van der Waals surface area contributed by atoms with Gasteiger partial charge >= 0.3 is 0 Å². The van der Waals surface area contributed by atoms with Gasteiger partial charge in [-0.15, -0.1) is 0 Å². The number of aromatic amines is 1. The van der Waals surface area contributed by atoms with Gasteiger partial charge in [0, 0.05) is 11.8 Å². The first-order chi connectivity index (χ1) is 15.4. The van der Waals surface area contributed by atoms with Gasteiger partial charge in [-0.2, -0.15) is 9.50 Å². The number of hydrogen-bond acceptors (Lipinski definition) is 7. The maximum Gasteiger partial charge on any atom is 0.274 e. The number of H-pyrrole nitrogens is 1. The van der Waals surface area contributed by atoms with Crippen molar-refractivity contribution in [3.05, 3.63) is 86.1 Å². The van der Waals surface area contributed by atoms with Crippen LogP contribution >= 0.6 is 11.8 Å². The molecule has 9 nitrogen and oxygen atoms in total. The first-order valence-electron chi connectivity index (χ1n) is 9.87. The number of aryl methyl sites for hydroxylation is 2. The molecule has 3 heterocycles. The number of thioether (sulfide) groups is 1. The van der Waals surface area contributed by atoms with Crippen LogP contribution in [-0.4, -0.2) is 29.1 Å². The topological polar surface area (TPSA) is 124 Å². The zero-order valence-electron chi connectivity index (χ0n) is 17.4. The van der Waals surface area contributed by atoms with Crippen molar-refractivity contribution in [1.82, 2.24) is 29.1 Å². The molecule has 2 aromatic carbocycles. The van der Waals surface area contributed by atoms with Crippen molar-refractivity contribution in [2.75, 3.05) is 5.73 Å². The summed E-state index contributed by atoms with van der Waals surface area (Å²) >= 11 is 1.33. The Morgan fingerprint density at radius 1 is 1.00 bits per heavy atom. The second-order valence-corrected chi connectivity index (χ2v) is 8.38. The van der Waals surface area contributed by atoms with Crippen LogP contribution in [0.25, 0.3) is 22.4 Å². The quantitative estimate of drug-likeness (QED) is 0.322. The van der Waals surface area contributed by atoms with Gasteiger partial charge in [0.1, 0.15) is 0 Å². The van der Waals surface area contributed by atoms with E-state index in [1.54, 1.807) is 10.6 Å². The van der Waals surface area contributed by atoms with Crippen molar-refractivity contribution < 1.29 is 0 Å². The van der Waals surface area contributed by atoms with E-state index in [2.05, 4.69) is 15.1 Å². The van der Waals surface area contributed by atoms with Crippen LogP contribution in [0.1, 0.15) is 16.8 Å². The Morgan fingerprint density at radius 3 is 2.62 bits per heavy atom. The van der Waals surface area contributed by atoms with E-state index in [0.29, 0.717) is 27.5 Å². The monoisotopic (exact) mass is 445 g/mol. The first-order valence-corrected chi connectivity index (χ1v) is 10.9. The molecule has 3 N–H and O–H groups in total. The molecule has 0 amide bonds. The molecular weight excluding hydrogens is 426 g/mol. The number of nitrogen functional groups attached to an aromatic ring is 1. The van der Waals surface area contributed by atoms with Gasteiger partial charge in [-0.25, -0.2) is 9.97 Å². The highest BCUT2D eigenvalue weighted by Crippen LogP contribution is 2.25. The summed E-state index contributed by atoms with van der Waals surface area (Å²) in [6, 6.07) is 14.5. The third-order valence-corrected chi connectivity index (χ3v) is 6.22. The van der Waals surface area contributed by atoms with Crippen molar-refractivity contribution in [2.45, 2.75) is 24.8 Å². The summed E-state index contributed by atoms with van der Waals surface area (Å²) in [5.41, 5.74) is 9.26. The molecule has 0 bridgehead atoms. The molecular formula is C22H19N7O2S. The lowest BCUT2D eigenvalue weighted by atomic mass is 10.1. The van der Waals surface area contributed by atoms with Crippen molar-refractivity contribution in [2.24, 2.45) is 0 Å². The average Bonchev–Trinajstić information content (AvgIpc) is 3.15. The van der Waals surface area contributed by atoms with E-state index in [1.807, 2.05) is 50.2 Å². The average molecular weight is 446 g/mol. The van der Waals surface area contributed by atoms with Gasteiger partial charge in [0.25, 0.3) is 16.9 Å². The molecule has 0 radical (unpaired) electrons. The molecule has 5 rings (SSSR count). The number of nitrogens with two attached hydrogens (primary N) is 1. The molecule has 0 saturated carbocycles. The van der Waals surface area contributed by atoms with Gasteiger partial charge in [0.05, 0.1) is 22.3 Å². The summed E-state index contributed by atoms with van der Waals surface area (Å²) in [6.45, 7) is 4.03. The van der Waals surface area contributed by atoms with Crippen LogP contribution in [0.3, 0.4) is 0 Å². The number of para-hydroxylation sites is 1. The number of anilines is 1. The van der Waals surface area contributed by atoms with E-state index in [1.165, 1.54) is 22.3 Å². The van der Waals surface area contributed by atoms with E-state index in [4.69, 9.17) is 10.7 Å². The van der Waals surface area contributed by atoms with E-state index in [-0.39, 0.29) is 22.8 Å². The van der Waals surface area contributed by atoms with Gasteiger partial charge in [0.2, 0.25) is 5.95 Å². The lowest BCUT2D eigenvalue weighted by molar-refractivity contribution is 0.817. The second-order valence-electron chi connectivity index (χ2n) is 7.44. The zero-order chi connectivity index (χ0) is 22.4. The third-order valence-electron chi connectivity index (χ3n) is 5.24. The molecule has 0 aliphatic carbocycles. The van der Waals surface area contributed by atoms with Gasteiger partial charge in [-0.3, -0.25) is 19.3 Å². The van der Waals surface area contributed by atoms with E-state index in [0.717, 1.165) is 16.8 Å². The summed E-state index contributed by atoms with van der Waals surface area (Å²) < 4.78 is 2.79. The number of aromatic nitrogens is 6. The van der Waals surface area contributed by atoms with E-state index < -0.39 is 0 Å². The number of benzene rings is 2. The summed E-state index contributed by atoms with van der Waals surface area (Å²) in [7, 11) is 0. The van der Waals surface area contributed by atoms with Crippen LogP contribution < -0.4 is 16.9 Å². The summed E-state index contributed by atoms with van der Waals surface area (Å²) in [4.78, 5) is 38.9.